The number of carbonyl (C=O) groups excluding carboxylic acids is 1. The molecule has 110 valence electrons. The number of hydrogen-bond donors (Lipinski definition) is 0. The molecule has 0 N–H and O–H groups in total. The molecule has 1 aliphatic rings. The zero-order chi connectivity index (χ0) is 14.8. The summed E-state index contributed by atoms with van der Waals surface area (Å²) in [6, 6.07) is 4.12. The fourth-order valence-corrected chi connectivity index (χ4v) is 3.40. The Morgan fingerprint density at radius 2 is 1.95 bits per heavy atom. The molecular weight excluding hydrogens is 272 g/mol. The summed E-state index contributed by atoms with van der Waals surface area (Å²) in [5, 5.41) is 0.578. The van der Waals surface area contributed by atoms with Crippen LogP contribution in [-0.4, -0.2) is 11.3 Å². The highest BCUT2D eigenvalue weighted by molar-refractivity contribution is 5.83. The van der Waals surface area contributed by atoms with Gasteiger partial charge in [0.2, 0.25) is 0 Å². The molecule has 1 aromatic heterocycles. The molecule has 0 bridgehead atoms. The molecule has 3 rings (SSSR count). The standard InChI is InChI=1S/C17H17F2NO/c18-13-9-15-14(5-7-20-17(15)16(19)10-13)12-3-1-11(2-4-12)6-8-21/h5,7-12H,1-4,6H2. The van der Waals surface area contributed by atoms with Gasteiger partial charge in [-0.05, 0) is 55.2 Å². The van der Waals surface area contributed by atoms with E-state index in [9.17, 15) is 13.6 Å². The van der Waals surface area contributed by atoms with Crippen LogP contribution in [0.25, 0.3) is 10.9 Å². The third-order valence-electron chi connectivity index (χ3n) is 4.51. The number of nitrogens with zero attached hydrogens (tertiary/aromatic N) is 1. The quantitative estimate of drug-likeness (QED) is 0.785. The second-order valence-corrected chi connectivity index (χ2v) is 5.80. The lowest BCUT2D eigenvalue weighted by molar-refractivity contribution is -0.108. The summed E-state index contributed by atoms with van der Waals surface area (Å²) in [7, 11) is 0. The minimum absolute atomic E-state index is 0.240. The second-order valence-electron chi connectivity index (χ2n) is 5.80. The van der Waals surface area contributed by atoms with Crippen LogP contribution in [0.1, 0.15) is 43.6 Å². The van der Waals surface area contributed by atoms with Crippen molar-refractivity contribution in [2.24, 2.45) is 5.92 Å². The van der Waals surface area contributed by atoms with E-state index in [1.807, 2.05) is 6.07 Å². The van der Waals surface area contributed by atoms with Gasteiger partial charge >= 0.3 is 0 Å². The minimum atomic E-state index is -0.610. The summed E-state index contributed by atoms with van der Waals surface area (Å²) < 4.78 is 27.3. The molecule has 2 nitrogen and oxygen atoms in total. The number of hydrogen-bond acceptors (Lipinski definition) is 2. The second kappa shape index (κ2) is 5.88. The Morgan fingerprint density at radius 3 is 2.67 bits per heavy atom. The first kappa shape index (κ1) is 14.1. The van der Waals surface area contributed by atoms with Crippen LogP contribution in [0.3, 0.4) is 0 Å². The van der Waals surface area contributed by atoms with Gasteiger partial charge in [-0.15, -0.1) is 0 Å². The average molecular weight is 289 g/mol. The van der Waals surface area contributed by atoms with Gasteiger partial charge in [-0.1, -0.05) is 0 Å². The lowest BCUT2D eigenvalue weighted by Crippen LogP contribution is -2.14. The van der Waals surface area contributed by atoms with Crippen LogP contribution >= 0.6 is 0 Å². The molecule has 2 aromatic rings. The van der Waals surface area contributed by atoms with Gasteiger partial charge in [-0.2, -0.15) is 0 Å². The highest BCUT2D eigenvalue weighted by Crippen LogP contribution is 2.39. The van der Waals surface area contributed by atoms with Crippen molar-refractivity contribution in [1.29, 1.82) is 0 Å². The lowest BCUT2D eigenvalue weighted by atomic mass is 9.77. The van der Waals surface area contributed by atoms with Gasteiger partial charge in [-0.3, -0.25) is 4.98 Å². The maximum Gasteiger partial charge on any atom is 0.152 e. The Labute approximate surface area is 122 Å². The first-order valence-electron chi connectivity index (χ1n) is 7.36. The first-order valence-corrected chi connectivity index (χ1v) is 7.36. The highest BCUT2D eigenvalue weighted by Gasteiger charge is 2.24. The van der Waals surface area contributed by atoms with Crippen molar-refractivity contribution in [3.05, 3.63) is 41.6 Å². The van der Waals surface area contributed by atoms with E-state index in [0.717, 1.165) is 43.6 Å². The maximum absolute atomic E-state index is 13.8. The van der Waals surface area contributed by atoms with Gasteiger partial charge in [0.1, 0.15) is 17.6 Å². The minimum Gasteiger partial charge on any atom is -0.303 e. The number of aldehydes is 1. The van der Waals surface area contributed by atoms with Crippen molar-refractivity contribution in [3.63, 3.8) is 0 Å². The zero-order valence-corrected chi connectivity index (χ0v) is 11.7. The first-order chi connectivity index (χ1) is 10.2. The Bertz CT molecular complexity index is 663. The van der Waals surface area contributed by atoms with Crippen molar-refractivity contribution >= 4 is 17.2 Å². The summed E-state index contributed by atoms with van der Waals surface area (Å²) in [4.78, 5) is 14.6. The van der Waals surface area contributed by atoms with Crippen molar-refractivity contribution in [1.82, 2.24) is 4.98 Å². The number of halogens is 2. The number of rotatable bonds is 3. The Morgan fingerprint density at radius 1 is 1.19 bits per heavy atom. The van der Waals surface area contributed by atoms with E-state index in [4.69, 9.17) is 0 Å². The fourth-order valence-electron chi connectivity index (χ4n) is 3.40. The molecule has 1 fully saturated rings. The van der Waals surface area contributed by atoms with E-state index in [1.54, 1.807) is 6.20 Å². The molecule has 0 unspecified atom stereocenters. The number of benzene rings is 1. The van der Waals surface area contributed by atoms with E-state index in [1.165, 1.54) is 6.07 Å². The monoisotopic (exact) mass is 289 g/mol. The van der Waals surface area contributed by atoms with Crippen LogP contribution in [0.2, 0.25) is 0 Å². The zero-order valence-electron chi connectivity index (χ0n) is 11.7. The van der Waals surface area contributed by atoms with Crippen LogP contribution in [0.5, 0.6) is 0 Å². The summed E-state index contributed by atoms with van der Waals surface area (Å²) in [5.74, 6) is -0.426. The SMILES string of the molecule is O=CCC1CCC(c2ccnc3c(F)cc(F)cc23)CC1. The van der Waals surface area contributed by atoms with E-state index >= 15 is 0 Å². The van der Waals surface area contributed by atoms with Crippen molar-refractivity contribution in [2.45, 2.75) is 38.0 Å². The van der Waals surface area contributed by atoms with Crippen LogP contribution < -0.4 is 0 Å². The third-order valence-corrected chi connectivity index (χ3v) is 4.51. The molecule has 0 radical (unpaired) electrons. The van der Waals surface area contributed by atoms with Gasteiger partial charge in [0.15, 0.2) is 5.82 Å². The van der Waals surface area contributed by atoms with Crippen LogP contribution in [0.4, 0.5) is 8.78 Å². The van der Waals surface area contributed by atoms with E-state index in [0.29, 0.717) is 23.6 Å². The number of pyridine rings is 1. The lowest BCUT2D eigenvalue weighted by Gasteiger charge is -2.28. The van der Waals surface area contributed by atoms with Crippen LogP contribution in [0, 0.1) is 17.6 Å². The molecule has 0 saturated heterocycles. The molecule has 0 aliphatic heterocycles. The van der Waals surface area contributed by atoms with Gasteiger partial charge in [0.05, 0.1) is 0 Å². The Kier molecular flexibility index (Phi) is 3.95. The number of fused-ring (bicyclic) bond motifs is 1. The summed E-state index contributed by atoms with van der Waals surface area (Å²) in [5.41, 5.74) is 1.21. The molecule has 1 aliphatic carbocycles. The molecule has 1 heterocycles. The van der Waals surface area contributed by atoms with Gasteiger partial charge < -0.3 is 4.79 Å². The van der Waals surface area contributed by atoms with Crippen molar-refractivity contribution in [2.75, 3.05) is 0 Å². The van der Waals surface area contributed by atoms with E-state index in [-0.39, 0.29) is 5.52 Å². The molecule has 4 heteroatoms. The topological polar surface area (TPSA) is 30.0 Å². The molecule has 1 aromatic carbocycles. The molecule has 21 heavy (non-hydrogen) atoms. The van der Waals surface area contributed by atoms with Crippen molar-refractivity contribution < 1.29 is 13.6 Å². The summed E-state index contributed by atoms with van der Waals surface area (Å²) in [6.07, 6.45) is 7.09. The maximum atomic E-state index is 13.8. The van der Waals surface area contributed by atoms with Gasteiger partial charge in [-0.25, -0.2) is 8.78 Å². The number of carbonyl (C=O) groups is 1. The largest absolute Gasteiger partial charge is 0.303 e. The molecule has 0 amide bonds. The van der Waals surface area contributed by atoms with E-state index < -0.39 is 11.6 Å². The van der Waals surface area contributed by atoms with Gasteiger partial charge in [0.25, 0.3) is 0 Å². The summed E-state index contributed by atoms with van der Waals surface area (Å²) >= 11 is 0. The van der Waals surface area contributed by atoms with Crippen molar-refractivity contribution in [3.8, 4) is 0 Å². The summed E-state index contributed by atoms with van der Waals surface area (Å²) in [6.45, 7) is 0. The van der Waals surface area contributed by atoms with Gasteiger partial charge in [0, 0.05) is 24.1 Å². The molecule has 0 atom stereocenters. The molecule has 1 saturated carbocycles. The normalized spacial score (nSPS) is 22.4. The third kappa shape index (κ3) is 2.80. The predicted octanol–water partition coefficient (Wildman–Crippen LogP) is 4.38. The smallest absolute Gasteiger partial charge is 0.152 e. The molecule has 0 spiro atoms. The highest BCUT2D eigenvalue weighted by atomic mass is 19.1. The number of aromatic nitrogens is 1. The predicted molar refractivity (Wildman–Crippen MR) is 77.0 cm³/mol. The Balaban J connectivity index is 1.93. The Hall–Kier alpha value is -1.84. The molecular formula is C17H17F2NO. The fraction of sp³-hybridized carbons (Fsp3) is 0.412. The van der Waals surface area contributed by atoms with Crippen LogP contribution in [0.15, 0.2) is 24.4 Å². The average Bonchev–Trinajstić information content (AvgIpc) is 2.48. The van der Waals surface area contributed by atoms with E-state index in [2.05, 4.69) is 4.98 Å². The van der Waals surface area contributed by atoms with Crippen LogP contribution in [-0.2, 0) is 4.79 Å².